The van der Waals surface area contributed by atoms with Crippen LogP contribution in [-0.4, -0.2) is 33.3 Å². The summed E-state index contributed by atoms with van der Waals surface area (Å²) in [5.41, 5.74) is -3.96. The van der Waals surface area contributed by atoms with Crippen molar-refractivity contribution in [2.45, 2.75) is 31.1 Å². The number of fused-ring (bicyclic) bond motifs is 1. The van der Waals surface area contributed by atoms with E-state index in [-0.39, 0.29) is 29.5 Å². The van der Waals surface area contributed by atoms with Crippen LogP contribution in [0.25, 0.3) is 0 Å². The topological polar surface area (TPSA) is 112 Å². The highest BCUT2D eigenvalue weighted by Gasteiger charge is 2.59. The Balaban J connectivity index is 1.70. The third-order valence-electron chi connectivity index (χ3n) is 4.68. The van der Waals surface area contributed by atoms with Crippen molar-refractivity contribution in [1.82, 2.24) is 25.8 Å². The summed E-state index contributed by atoms with van der Waals surface area (Å²) in [5, 5.41) is 12.3. The van der Waals surface area contributed by atoms with E-state index in [1.807, 2.05) is 5.32 Å². The second kappa shape index (κ2) is 7.01. The Morgan fingerprint density at radius 1 is 1.33 bits per heavy atom. The van der Waals surface area contributed by atoms with Gasteiger partial charge in [0.2, 0.25) is 11.4 Å². The summed E-state index contributed by atoms with van der Waals surface area (Å²) in [5.74, 6) is 2.69. The van der Waals surface area contributed by atoms with Gasteiger partial charge in [-0.15, -0.1) is 0 Å². The van der Waals surface area contributed by atoms with Gasteiger partial charge in [-0.25, -0.2) is 14.2 Å². The molecule has 1 aliphatic heterocycles. The normalized spacial score (nSPS) is 20.3. The number of anilines is 1. The van der Waals surface area contributed by atoms with Crippen molar-refractivity contribution in [3.05, 3.63) is 41.2 Å². The molecule has 0 bridgehead atoms. The van der Waals surface area contributed by atoms with Crippen LogP contribution in [0, 0.1) is 23.6 Å². The summed E-state index contributed by atoms with van der Waals surface area (Å²) in [6.45, 7) is -0.352. The Kier molecular flexibility index (Phi) is 4.60. The molecule has 12 heteroatoms. The summed E-state index contributed by atoms with van der Waals surface area (Å²) in [7, 11) is 0. The number of aromatic nitrogens is 3. The van der Waals surface area contributed by atoms with Crippen LogP contribution in [-0.2, 0) is 12.1 Å². The third-order valence-corrected chi connectivity index (χ3v) is 4.68. The van der Waals surface area contributed by atoms with Gasteiger partial charge in [0, 0.05) is 29.3 Å². The predicted molar refractivity (Wildman–Crippen MR) is 94.3 cm³/mol. The number of hydrogen-bond acceptors (Lipinski definition) is 4. The van der Waals surface area contributed by atoms with Crippen LogP contribution in [0.1, 0.15) is 34.6 Å². The molecule has 1 aromatic heterocycles. The standard InChI is InChI=1S/C18H14F4N6O2/c19-12-6-11-13(5-10(12)7-23-15(29)14-24-8-25-28-14)26-16(30)27-17(11,18(20,21)22)4-3-9-1-2-9/h5-6,8-9H,1-2,7H2,(H,23,29)(H,24,25,28)(H2,26,27,30). The van der Waals surface area contributed by atoms with Crippen LogP contribution in [0.4, 0.5) is 28.0 Å². The van der Waals surface area contributed by atoms with E-state index in [0.29, 0.717) is 18.9 Å². The van der Waals surface area contributed by atoms with E-state index in [1.165, 1.54) is 0 Å². The van der Waals surface area contributed by atoms with Crippen molar-refractivity contribution < 1.29 is 27.2 Å². The van der Waals surface area contributed by atoms with Crippen molar-refractivity contribution in [2.75, 3.05) is 5.32 Å². The fraction of sp³-hybridized carbons (Fsp3) is 0.333. The Morgan fingerprint density at radius 2 is 2.10 bits per heavy atom. The number of carbonyl (C=O) groups is 2. The summed E-state index contributed by atoms with van der Waals surface area (Å²) in [4.78, 5) is 27.5. The molecule has 0 radical (unpaired) electrons. The fourth-order valence-corrected chi connectivity index (χ4v) is 2.96. The van der Waals surface area contributed by atoms with Crippen molar-refractivity contribution in [3.8, 4) is 11.8 Å². The number of hydrogen-bond donors (Lipinski definition) is 4. The summed E-state index contributed by atoms with van der Waals surface area (Å²) in [6.07, 6.45) is -2.53. The lowest BCUT2D eigenvalue weighted by molar-refractivity contribution is -0.178. The van der Waals surface area contributed by atoms with Crippen molar-refractivity contribution in [3.63, 3.8) is 0 Å². The molecule has 1 unspecified atom stereocenters. The quantitative estimate of drug-likeness (QED) is 0.449. The van der Waals surface area contributed by atoms with E-state index >= 15 is 0 Å². The lowest BCUT2D eigenvalue weighted by Gasteiger charge is -2.37. The highest BCUT2D eigenvalue weighted by molar-refractivity contribution is 5.95. The molecule has 1 saturated carbocycles. The smallest absolute Gasteiger partial charge is 0.345 e. The molecule has 2 aromatic rings. The number of H-pyrrole nitrogens is 1. The molecular weight excluding hydrogens is 408 g/mol. The molecule has 1 aromatic carbocycles. The number of nitrogens with zero attached hydrogens (tertiary/aromatic N) is 2. The van der Waals surface area contributed by atoms with E-state index in [2.05, 4.69) is 37.7 Å². The second-order valence-electron chi connectivity index (χ2n) is 6.88. The highest BCUT2D eigenvalue weighted by atomic mass is 19.4. The van der Waals surface area contributed by atoms with Gasteiger partial charge in [-0.2, -0.15) is 18.3 Å². The maximum absolute atomic E-state index is 14.7. The number of urea groups is 1. The summed E-state index contributed by atoms with van der Waals surface area (Å²) >= 11 is 0. The third kappa shape index (κ3) is 3.54. The first-order valence-electron chi connectivity index (χ1n) is 8.84. The molecule has 4 N–H and O–H groups in total. The van der Waals surface area contributed by atoms with Gasteiger partial charge in [-0.1, -0.05) is 11.8 Å². The number of amides is 3. The Morgan fingerprint density at radius 3 is 2.73 bits per heavy atom. The minimum atomic E-state index is -4.99. The molecule has 0 spiro atoms. The molecule has 4 rings (SSSR count). The first-order chi connectivity index (χ1) is 14.2. The second-order valence-corrected chi connectivity index (χ2v) is 6.88. The van der Waals surface area contributed by atoms with E-state index in [0.717, 1.165) is 12.4 Å². The minimum absolute atomic E-state index is 0.114. The van der Waals surface area contributed by atoms with E-state index < -0.39 is 35.0 Å². The largest absolute Gasteiger partial charge is 0.427 e. The molecule has 2 heterocycles. The Bertz CT molecular complexity index is 1070. The zero-order valence-corrected chi connectivity index (χ0v) is 15.2. The van der Waals surface area contributed by atoms with Crippen molar-refractivity contribution >= 4 is 17.6 Å². The fourth-order valence-electron chi connectivity index (χ4n) is 2.96. The van der Waals surface area contributed by atoms with E-state index in [4.69, 9.17) is 0 Å². The monoisotopic (exact) mass is 422 g/mol. The molecule has 156 valence electrons. The van der Waals surface area contributed by atoms with Crippen LogP contribution in [0.15, 0.2) is 18.5 Å². The van der Waals surface area contributed by atoms with Gasteiger partial charge < -0.3 is 16.0 Å². The molecule has 0 saturated heterocycles. The molecule has 1 fully saturated rings. The number of alkyl halides is 3. The van der Waals surface area contributed by atoms with Gasteiger partial charge >= 0.3 is 12.2 Å². The molecule has 1 atom stereocenters. The van der Waals surface area contributed by atoms with Crippen molar-refractivity contribution in [2.24, 2.45) is 5.92 Å². The zero-order chi connectivity index (χ0) is 21.5. The highest BCUT2D eigenvalue weighted by Crippen LogP contribution is 2.45. The molecule has 30 heavy (non-hydrogen) atoms. The van der Waals surface area contributed by atoms with Gasteiger partial charge in [0.25, 0.3) is 5.91 Å². The molecule has 8 nitrogen and oxygen atoms in total. The number of nitrogens with one attached hydrogen (secondary N) is 4. The van der Waals surface area contributed by atoms with Crippen LogP contribution >= 0.6 is 0 Å². The van der Waals surface area contributed by atoms with Crippen LogP contribution in [0.3, 0.4) is 0 Å². The van der Waals surface area contributed by atoms with Gasteiger partial charge in [0.15, 0.2) is 0 Å². The zero-order valence-electron chi connectivity index (χ0n) is 15.2. The van der Waals surface area contributed by atoms with Crippen LogP contribution < -0.4 is 16.0 Å². The van der Waals surface area contributed by atoms with E-state index in [9.17, 15) is 27.2 Å². The SMILES string of the molecule is O=C1Nc2cc(CNC(=O)c3ncn[nH]3)c(F)cc2C(C#CC2CC2)(C(F)(F)F)N1. The Hall–Kier alpha value is -3.62. The summed E-state index contributed by atoms with van der Waals surface area (Å²) in [6, 6.07) is 0.601. The molecular formula is C18H14F4N6O2. The van der Waals surface area contributed by atoms with Gasteiger partial charge in [0.05, 0.1) is 0 Å². The average Bonchev–Trinajstić information content (AvgIpc) is 3.34. The summed E-state index contributed by atoms with van der Waals surface area (Å²) < 4.78 is 56.7. The van der Waals surface area contributed by atoms with Crippen LogP contribution in [0.5, 0.6) is 0 Å². The van der Waals surface area contributed by atoms with Crippen molar-refractivity contribution in [1.29, 1.82) is 0 Å². The minimum Gasteiger partial charge on any atom is -0.345 e. The number of carbonyl (C=O) groups excluding carboxylic acids is 2. The Labute approximate surface area is 166 Å². The number of benzene rings is 1. The predicted octanol–water partition coefficient (Wildman–Crippen LogP) is 2.18. The lowest BCUT2D eigenvalue weighted by Crippen LogP contribution is -2.59. The van der Waals surface area contributed by atoms with Gasteiger partial charge in [-0.3, -0.25) is 9.89 Å². The van der Waals surface area contributed by atoms with Gasteiger partial charge in [0.1, 0.15) is 12.1 Å². The number of halogens is 4. The first kappa shape index (κ1) is 19.7. The average molecular weight is 422 g/mol. The molecule has 1 aliphatic carbocycles. The molecule has 3 amide bonds. The number of aromatic amines is 1. The lowest BCUT2D eigenvalue weighted by atomic mass is 9.85. The maximum atomic E-state index is 14.7. The molecule has 2 aliphatic rings. The number of rotatable bonds is 3. The van der Waals surface area contributed by atoms with Gasteiger partial charge in [-0.05, 0) is 25.0 Å². The van der Waals surface area contributed by atoms with Crippen LogP contribution in [0.2, 0.25) is 0 Å². The van der Waals surface area contributed by atoms with E-state index in [1.54, 1.807) is 0 Å². The maximum Gasteiger partial charge on any atom is 0.427 e. The first-order valence-corrected chi connectivity index (χ1v) is 8.84.